The third-order valence-corrected chi connectivity index (χ3v) is 3.51. The van der Waals surface area contributed by atoms with Gasteiger partial charge in [-0.3, -0.25) is 9.59 Å². The van der Waals surface area contributed by atoms with E-state index in [9.17, 15) is 9.59 Å². The van der Waals surface area contributed by atoms with Gasteiger partial charge >= 0.3 is 5.97 Å². The fraction of sp³-hybridized carbons (Fsp3) is 0.846. The molecule has 0 spiro atoms. The van der Waals surface area contributed by atoms with Gasteiger partial charge in [-0.25, -0.2) is 0 Å². The fourth-order valence-corrected chi connectivity index (χ4v) is 2.26. The molecular weight excluding hydrogens is 232 g/mol. The van der Waals surface area contributed by atoms with Gasteiger partial charge in [-0.1, -0.05) is 20.3 Å². The molecule has 0 saturated heterocycles. The highest BCUT2D eigenvalue weighted by Gasteiger charge is 2.39. The predicted molar refractivity (Wildman–Crippen MR) is 69.3 cm³/mol. The van der Waals surface area contributed by atoms with E-state index in [4.69, 9.17) is 5.11 Å². The summed E-state index contributed by atoms with van der Waals surface area (Å²) in [6.07, 6.45) is 3.49. The summed E-state index contributed by atoms with van der Waals surface area (Å²) in [5.74, 6) is -0.773. The normalized spacial score (nSPS) is 17.3. The van der Waals surface area contributed by atoms with Crippen molar-refractivity contribution in [3.63, 3.8) is 0 Å². The maximum absolute atomic E-state index is 11.6. The van der Waals surface area contributed by atoms with Crippen LogP contribution in [0, 0.1) is 5.41 Å². The molecule has 104 valence electrons. The lowest BCUT2D eigenvalue weighted by molar-refractivity contribution is -0.141. The molecule has 1 aliphatic carbocycles. The monoisotopic (exact) mass is 256 g/mol. The summed E-state index contributed by atoms with van der Waals surface area (Å²) in [4.78, 5) is 22.4. The number of nitrogens with one attached hydrogen (secondary N) is 2. The van der Waals surface area contributed by atoms with Gasteiger partial charge in [0.1, 0.15) is 0 Å². The quantitative estimate of drug-likeness (QED) is 0.608. The summed E-state index contributed by atoms with van der Waals surface area (Å²) in [5, 5.41) is 14.9. The molecule has 3 N–H and O–H groups in total. The lowest BCUT2D eigenvalue weighted by atomic mass is 9.66. The molecule has 1 amide bonds. The Labute approximate surface area is 108 Å². The first kappa shape index (κ1) is 15.0. The Morgan fingerprint density at radius 3 is 2.44 bits per heavy atom. The van der Waals surface area contributed by atoms with E-state index in [1.807, 2.05) is 13.8 Å². The standard InChI is InChI=1S/C13H24N2O3/c1-10(2)14-7-4-11(16)15-9-13(5-3-6-13)8-12(17)18/h10,14H,3-9H2,1-2H3,(H,15,16)(H,17,18). The molecule has 0 bridgehead atoms. The van der Waals surface area contributed by atoms with Crippen molar-refractivity contribution in [3.8, 4) is 0 Å². The van der Waals surface area contributed by atoms with Gasteiger partial charge in [0.25, 0.3) is 0 Å². The van der Waals surface area contributed by atoms with Gasteiger partial charge in [0.2, 0.25) is 5.91 Å². The molecule has 1 fully saturated rings. The Hall–Kier alpha value is -1.10. The third-order valence-electron chi connectivity index (χ3n) is 3.51. The average molecular weight is 256 g/mol. The number of amides is 1. The molecule has 0 atom stereocenters. The lowest BCUT2D eigenvalue weighted by Crippen LogP contribution is -2.44. The molecule has 0 unspecified atom stereocenters. The van der Waals surface area contributed by atoms with Crippen LogP contribution in [0.4, 0.5) is 0 Å². The molecule has 0 aromatic heterocycles. The van der Waals surface area contributed by atoms with E-state index in [2.05, 4.69) is 10.6 Å². The molecule has 5 nitrogen and oxygen atoms in total. The van der Waals surface area contributed by atoms with Crippen LogP contribution in [0.15, 0.2) is 0 Å². The number of carboxylic acids is 1. The number of rotatable bonds is 8. The first-order valence-electron chi connectivity index (χ1n) is 6.65. The van der Waals surface area contributed by atoms with Gasteiger partial charge in [-0.15, -0.1) is 0 Å². The van der Waals surface area contributed by atoms with Crippen LogP contribution in [0.2, 0.25) is 0 Å². The Morgan fingerprint density at radius 1 is 1.33 bits per heavy atom. The van der Waals surface area contributed by atoms with Crippen LogP contribution in [0.3, 0.4) is 0 Å². The number of hydrogen-bond donors (Lipinski definition) is 3. The van der Waals surface area contributed by atoms with Crippen molar-refractivity contribution >= 4 is 11.9 Å². The molecule has 18 heavy (non-hydrogen) atoms. The summed E-state index contributed by atoms with van der Waals surface area (Å²) in [7, 11) is 0. The van der Waals surface area contributed by atoms with Crippen LogP contribution in [0.5, 0.6) is 0 Å². The van der Waals surface area contributed by atoms with Crippen molar-refractivity contribution in [3.05, 3.63) is 0 Å². The molecule has 0 heterocycles. The topological polar surface area (TPSA) is 78.4 Å². The second-order valence-corrected chi connectivity index (χ2v) is 5.56. The first-order chi connectivity index (χ1) is 8.43. The van der Waals surface area contributed by atoms with Crippen LogP contribution in [-0.2, 0) is 9.59 Å². The van der Waals surface area contributed by atoms with Crippen LogP contribution < -0.4 is 10.6 Å². The van der Waals surface area contributed by atoms with E-state index >= 15 is 0 Å². The zero-order chi connectivity index (χ0) is 13.6. The van der Waals surface area contributed by atoms with E-state index in [1.165, 1.54) is 0 Å². The molecule has 0 aromatic rings. The highest BCUT2D eigenvalue weighted by molar-refractivity contribution is 5.76. The Kier molecular flexibility index (Phi) is 5.59. The third kappa shape index (κ3) is 5.04. The second kappa shape index (κ2) is 6.73. The lowest BCUT2D eigenvalue weighted by Gasteiger charge is -2.40. The largest absolute Gasteiger partial charge is 0.481 e. The predicted octanol–water partition coefficient (Wildman–Crippen LogP) is 1.14. The SMILES string of the molecule is CC(C)NCCC(=O)NCC1(CC(=O)O)CCC1. The number of hydrogen-bond acceptors (Lipinski definition) is 3. The maximum Gasteiger partial charge on any atom is 0.303 e. The molecule has 0 aromatic carbocycles. The molecule has 0 radical (unpaired) electrons. The first-order valence-corrected chi connectivity index (χ1v) is 6.65. The number of aliphatic carboxylic acids is 1. The van der Waals surface area contributed by atoms with E-state index in [0.717, 1.165) is 19.3 Å². The number of carboxylic acid groups (broad SMARTS) is 1. The second-order valence-electron chi connectivity index (χ2n) is 5.56. The molecule has 1 aliphatic rings. The highest BCUT2D eigenvalue weighted by atomic mass is 16.4. The minimum absolute atomic E-state index is 0.000172. The summed E-state index contributed by atoms with van der Waals surface area (Å²) in [5.41, 5.74) is -0.188. The molecule has 1 rings (SSSR count). The molecule has 0 aliphatic heterocycles. The van der Waals surface area contributed by atoms with Crippen molar-refractivity contribution in [2.45, 2.75) is 52.0 Å². The summed E-state index contributed by atoms with van der Waals surface area (Å²) >= 11 is 0. The van der Waals surface area contributed by atoms with Crippen LogP contribution in [0.25, 0.3) is 0 Å². The van der Waals surface area contributed by atoms with Gasteiger partial charge in [0.05, 0.1) is 6.42 Å². The molecular formula is C13H24N2O3. The van der Waals surface area contributed by atoms with Gasteiger partial charge in [0, 0.05) is 25.6 Å². The summed E-state index contributed by atoms with van der Waals surface area (Å²) < 4.78 is 0. The zero-order valence-corrected chi connectivity index (χ0v) is 11.3. The van der Waals surface area contributed by atoms with Crippen LogP contribution in [-0.4, -0.2) is 36.1 Å². The fourth-order valence-electron chi connectivity index (χ4n) is 2.26. The Bertz CT molecular complexity index is 299. The average Bonchev–Trinajstić information content (AvgIpc) is 2.20. The Morgan fingerprint density at radius 2 is 2.00 bits per heavy atom. The van der Waals surface area contributed by atoms with Crippen molar-refractivity contribution in [2.24, 2.45) is 5.41 Å². The van der Waals surface area contributed by atoms with Crippen LogP contribution in [0.1, 0.15) is 46.0 Å². The molecule has 1 saturated carbocycles. The van der Waals surface area contributed by atoms with Crippen molar-refractivity contribution < 1.29 is 14.7 Å². The highest BCUT2D eigenvalue weighted by Crippen LogP contribution is 2.43. The van der Waals surface area contributed by atoms with Gasteiger partial charge in [0.15, 0.2) is 0 Å². The van der Waals surface area contributed by atoms with Gasteiger partial charge in [-0.2, -0.15) is 0 Å². The Balaban J connectivity index is 2.22. The van der Waals surface area contributed by atoms with E-state index < -0.39 is 5.97 Å². The smallest absolute Gasteiger partial charge is 0.303 e. The minimum atomic E-state index is -0.773. The molecule has 5 heteroatoms. The van der Waals surface area contributed by atoms with E-state index in [-0.39, 0.29) is 17.7 Å². The zero-order valence-electron chi connectivity index (χ0n) is 11.3. The summed E-state index contributed by atoms with van der Waals surface area (Å²) in [6.45, 7) is 5.23. The van der Waals surface area contributed by atoms with Gasteiger partial charge < -0.3 is 15.7 Å². The van der Waals surface area contributed by atoms with Crippen LogP contribution >= 0.6 is 0 Å². The summed E-state index contributed by atoms with van der Waals surface area (Å²) in [6, 6.07) is 0.378. The maximum atomic E-state index is 11.6. The minimum Gasteiger partial charge on any atom is -0.481 e. The van der Waals surface area contributed by atoms with Crippen molar-refractivity contribution in [1.29, 1.82) is 0 Å². The van der Waals surface area contributed by atoms with Gasteiger partial charge in [-0.05, 0) is 18.3 Å². The van der Waals surface area contributed by atoms with E-state index in [0.29, 0.717) is 25.6 Å². The van der Waals surface area contributed by atoms with Crippen molar-refractivity contribution in [2.75, 3.05) is 13.1 Å². The van der Waals surface area contributed by atoms with E-state index in [1.54, 1.807) is 0 Å². The number of carbonyl (C=O) groups is 2. The van der Waals surface area contributed by atoms with Crippen molar-refractivity contribution in [1.82, 2.24) is 10.6 Å². The number of carbonyl (C=O) groups excluding carboxylic acids is 1.